The van der Waals surface area contributed by atoms with Gasteiger partial charge in [-0.05, 0) is 31.2 Å². The normalized spacial score (nSPS) is 10.3. The van der Waals surface area contributed by atoms with Crippen molar-refractivity contribution >= 4 is 0 Å². The molecule has 0 bridgehead atoms. The second kappa shape index (κ2) is 7.35. The number of methoxy groups -OCH3 is 1. The first kappa shape index (κ1) is 15.7. The maximum atomic E-state index is 11.6. The molecule has 7 nitrogen and oxygen atoms in total. The molecule has 0 amide bonds. The zero-order chi connectivity index (χ0) is 15.9. The first-order chi connectivity index (χ1) is 10.6. The maximum Gasteiger partial charge on any atom is 0.328 e. The lowest BCUT2D eigenvalue weighted by atomic mass is 10.3. The molecule has 0 saturated carbocycles. The Bertz CT molecular complexity index is 718. The first-order valence-corrected chi connectivity index (χ1v) is 6.87. The van der Waals surface area contributed by atoms with Crippen LogP contribution in [0.5, 0.6) is 17.2 Å². The number of ether oxygens (including phenoxy) is 3. The lowest BCUT2D eigenvalue weighted by Gasteiger charge is -2.09. The number of hydrogen-bond donors (Lipinski definition) is 1. The number of rotatable bonds is 7. The summed E-state index contributed by atoms with van der Waals surface area (Å²) in [5, 5.41) is 0. The van der Waals surface area contributed by atoms with Gasteiger partial charge >= 0.3 is 5.69 Å². The van der Waals surface area contributed by atoms with Crippen LogP contribution >= 0.6 is 0 Å². The van der Waals surface area contributed by atoms with E-state index in [1.807, 2.05) is 19.1 Å². The summed E-state index contributed by atoms with van der Waals surface area (Å²) >= 11 is 0. The van der Waals surface area contributed by atoms with Gasteiger partial charge in [0.15, 0.2) is 0 Å². The van der Waals surface area contributed by atoms with Gasteiger partial charge in [-0.1, -0.05) is 0 Å². The van der Waals surface area contributed by atoms with E-state index in [1.165, 1.54) is 17.9 Å². The zero-order valence-corrected chi connectivity index (χ0v) is 12.5. The smallest absolute Gasteiger partial charge is 0.328 e. The Labute approximate surface area is 127 Å². The molecule has 0 spiro atoms. The number of aromatic amines is 1. The largest absolute Gasteiger partial charge is 0.494 e. The number of aromatic nitrogens is 2. The lowest BCUT2D eigenvalue weighted by Crippen LogP contribution is -2.31. The molecule has 0 radical (unpaired) electrons. The van der Waals surface area contributed by atoms with Gasteiger partial charge in [-0.25, -0.2) is 4.79 Å². The van der Waals surface area contributed by atoms with E-state index in [0.29, 0.717) is 18.9 Å². The summed E-state index contributed by atoms with van der Waals surface area (Å²) in [7, 11) is 1.37. The predicted molar refractivity (Wildman–Crippen MR) is 81.0 cm³/mol. The fraction of sp³-hybridized carbons (Fsp3) is 0.333. The first-order valence-electron chi connectivity index (χ1n) is 6.87. The fourth-order valence-corrected chi connectivity index (χ4v) is 1.86. The standard InChI is InChI=1S/C15H18N2O5/c1-3-21-11-4-6-12(7-5-11)22-9-8-17-10-13(20-2)14(18)16-15(17)19/h4-7,10H,3,8-9H2,1-2H3,(H,16,18,19). The van der Waals surface area contributed by atoms with Gasteiger partial charge in [0, 0.05) is 0 Å². The Morgan fingerprint density at radius 1 is 1.09 bits per heavy atom. The van der Waals surface area contributed by atoms with Crippen molar-refractivity contribution in [3.8, 4) is 17.2 Å². The van der Waals surface area contributed by atoms with Crippen LogP contribution in [0.4, 0.5) is 0 Å². The van der Waals surface area contributed by atoms with E-state index >= 15 is 0 Å². The third-order valence-corrected chi connectivity index (χ3v) is 2.93. The highest BCUT2D eigenvalue weighted by atomic mass is 16.5. The zero-order valence-electron chi connectivity index (χ0n) is 12.5. The van der Waals surface area contributed by atoms with E-state index in [9.17, 15) is 9.59 Å². The number of hydrogen-bond acceptors (Lipinski definition) is 5. The van der Waals surface area contributed by atoms with Crippen LogP contribution in [0.15, 0.2) is 40.1 Å². The van der Waals surface area contributed by atoms with Gasteiger partial charge in [-0.3, -0.25) is 14.3 Å². The average Bonchev–Trinajstić information content (AvgIpc) is 2.51. The fourth-order valence-electron chi connectivity index (χ4n) is 1.86. The molecular weight excluding hydrogens is 288 g/mol. The number of benzene rings is 1. The summed E-state index contributed by atoms with van der Waals surface area (Å²) in [4.78, 5) is 25.2. The maximum absolute atomic E-state index is 11.6. The SMILES string of the molecule is CCOc1ccc(OCCn2cc(OC)c(=O)[nH]c2=O)cc1. The molecule has 2 aromatic rings. The summed E-state index contributed by atoms with van der Waals surface area (Å²) in [5.41, 5.74) is -1.04. The van der Waals surface area contributed by atoms with E-state index in [1.54, 1.807) is 12.1 Å². The van der Waals surface area contributed by atoms with Crippen LogP contribution in [-0.4, -0.2) is 29.9 Å². The van der Waals surface area contributed by atoms with Crippen LogP contribution in [-0.2, 0) is 6.54 Å². The molecule has 0 aliphatic rings. The Kier molecular flexibility index (Phi) is 5.24. The van der Waals surface area contributed by atoms with Crippen LogP contribution in [0.3, 0.4) is 0 Å². The van der Waals surface area contributed by atoms with E-state index < -0.39 is 11.2 Å². The minimum absolute atomic E-state index is 0.0840. The van der Waals surface area contributed by atoms with Gasteiger partial charge in [0.1, 0.15) is 18.1 Å². The molecule has 0 fully saturated rings. The summed E-state index contributed by atoms with van der Waals surface area (Å²) < 4.78 is 17.1. The van der Waals surface area contributed by atoms with Crippen LogP contribution in [0.2, 0.25) is 0 Å². The van der Waals surface area contributed by atoms with Gasteiger partial charge in [0.05, 0.1) is 26.5 Å². The summed E-state index contributed by atoms with van der Waals surface area (Å²) in [6.45, 7) is 3.10. The molecule has 22 heavy (non-hydrogen) atoms. The van der Waals surface area contributed by atoms with Gasteiger partial charge < -0.3 is 14.2 Å². The van der Waals surface area contributed by atoms with E-state index in [0.717, 1.165) is 5.75 Å². The molecule has 0 atom stereocenters. The average molecular weight is 306 g/mol. The number of nitrogens with one attached hydrogen (secondary N) is 1. The van der Waals surface area contributed by atoms with E-state index in [-0.39, 0.29) is 12.4 Å². The molecule has 0 aliphatic heterocycles. The molecule has 0 aliphatic carbocycles. The Morgan fingerprint density at radius 2 is 1.73 bits per heavy atom. The molecule has 1 aromatic carbocycles. The summed E-state index contributed by atoms with van der Waals surface area (Å²) in [6, 6.07) is 7.21. The third kappa shape index (κ3) is 3.91. The van der Waals surface area contributed by atoms with Crippen LogP contribution in [0, 0.1) is 0 Å². The Hall–Kier alpha value is -2.70. The van der Waals surface area contributed by atoms with Crippen molar-refractivity contribution in [3.05, 3.63) is 51.3 Å². The summed E-state index contributed by atoms with van der Waals surface area (Å²) in [6.07, 6.45) is 1.36. The topological polar surface area (TPSA) is 82.6 Å². The molecule has 1 aromatic heterocycles. The van der Waals surface area contributed by atoms with E-state index in [4.69, 9.17) is 14.2 Å². The highest BCUT2D eigenvalue weighted by Crippen LogP contribution is 2.17. The quantitative estimate of drug-likeness (QED) is 0.826. The van der Waals surface area contributed by atoms with Crippen molar-refractivity contribution in [2.24, 2.45) is 0 Å². The molecule has 0 unspecified atom stereocenters. The summed E-state index contributed by atoms with van der Waals surface area (Å²) in [5.74, 6) is 1.53. The highest BCUT2D eigenvalue weighted by Gasteiger charge is 2.04. The van der Waals surface area contributed by atoms with Crippen molar-refractivity contribution in [2.75, 3.05) is 20.3 Å². The van der Waals surface area contributed by atoms with Gasteiger partial charge in [-0.2, -0.15) is 0 Å². The van der Waals surface area contributed by atoms with Gasteiger partial charge in [0.25, 0.3) is 5.56 Å². The molecule has 1 N–H and O–H groups in total. The van der Waals surface area contributed by atoms with Crippen LogP contribution in [0.1, 0.15) is 6.92 Å². The molecular formula is C15H18N2O5. The number of nitrogens with zero attached hydrogens (tertiary/aromatic N) is 1. The molecule has 118 valence electrons. The highest BCUT2D eigenvalue weighted by molar-refractivity contribution is 5.31. The van der Waals surface area contributed by atoms with Gasteiger partial charge in [0.2, 0.25) is 5.75 Å². The van der Waals surface area contributed by atoms with Crippen molar-refractivity contribution in [1.82, 2.24) is 9.55 Å². The van der Waals surface area contributed by atoms with Crippen LogP contribution < -0.4 is 25.5 Å². The minimum Gasteiger partial charge on any atom is -0.494 e. The molecule has 7 heteroatoms. The molecule has 1 heterocycles. The Balaban J connectivity index is 1.96. The van der Waals surface area contributed by atoms with Crippen molar-refractivity contribution in [1.29, 1.82) is 0 Å². The van der Waals surface area contributed by atoms with Gasteiger partial charge in [-0.15, -0.1) is 0 Å². The van der Waals surface area contributed by atoms with Crippen molar-refractivity contribution in [2.45, 2.75) is 13.5 Å². The van der Waals surface area contributed by atoms with Crippen molar-refractivity contribution < 1.29 is 14.2 Å². The van der Waals surface area contributed by atoms with Crippen LogP contribution in [0.25, 0.3) is 0 Å². The minimum atomic E-state index is -0.545. The molecule has 2 rings (SSSR count). The third-order valence-electron chi connectivity index (χ3n) is 2.93. The van der Waals surface area contributed by atoms with E-state index in [2.05, 4.69) is 4.98 Å². The second-order valence-electron chi connectivity index (χ2n) is 4.40. The molecule has 0 saturated heterocycles. The number of H-pyrrole nitrogens is 1. The monoisotopic (exact) mass is 306 g/mol. The predicted octanol–water partition coefficient (Wildman–Crippen LogP) is 1.02. The Morgan fingerprint density at radius 3 is 2.32 bits per heavy atom. The van der Waals surface area contributed by atoms with Crippen molar-refractivity contribution in [3.63, 3.8) is 0 Å². The lowest BCUT2D eigenvalue weighted by molar-refractivity contribution is 0.291. The second-order valence-corrected chi connectivity index (χ2v) is 4.40.